The zero-order valence-electron chi connectivity index (χ0n) is 16.6. The summed E-state index contributed by atoms with van der Waals surface area (Å²) < 4.78 is 45.6. The fraction of sp³-hybridized carbons (Fsp3) is 0.333. The summed E-state index contributed by atoms with van der Waals surface area (Å²) in [5.41, 5.74) is 1.93. The van der Waals surface area contributed by atoms with E-state index in [0.29, 0.717) is 12.2 Å². The van der Waals surface area contributed by atoms with Gasteiger partial charge >= 0.3 is 12.3 Å². The van der Waals surface area contributed by atoms with Crippen LogP contribution in [-0.2, 0) is 17.5 Å². The highest BCUT2D eigenvalue weighted by Gasteiger charge is 2.31. The molecular formula is C21H22F3N3O2. The molecule has 0 saturated carbocycles. The number of fused-ring (bicyclic) bond motifs is 1. The highest BCUT2D eigenvalue weighted by molar-refractivity contribution is 5.68. The minimum atomic E-state index is -4.41. The number of hydrogen-bond acceptors (Lipinski definition) is 3. The summed E-state index contributed by atoms with van der Waals surface area (Å²) in [6.07, 6.45) is -3.54. The number of imidazole rings is 1. The molecule has 29 heavy (non-hydrogen) atoms. The predicted molar refractivity (Wildman–Crippen MR) is 103 cm³/mol. The molecule has 0 aliphatic rings. The van der Waals surface area contributed by atoms with Gasteiger partial charge in [-0.25, -0.2) is 9.78 Å². The maximum atomic E-state index is 12.9. The summed E-state index contributed by atoms with van der Waals surface area (Å²) in [5.74, 6) is 0. The van der Waals surface area contributed by atoms with Crippen LogP contribution in [0.25, 0.3) is 16.9 Å². The SMILES string of the molecule is Cc1c(-c2ccc(CNC(=O)OC(C)(C)C)cc2)nc2cc(C(F)(F)F)ccn12. The zero-order chi connectivity index (χ0) is 21.4. The third-order valence-electron chi connectivity index (χ3n) is 4.26. The summed E-state index contributed by atoms with van der Waals surface area (Å²) in [4.78, 5) is 16.1. The molecule has 3 rings (SSSR count). The summed E-state index contributed by atoms with van der Waals surface area (Å²) in [6, 6.07) is 9.39. The second-order valence-electron chi connectivity index (χ2n) is 7.74. The van der Waals surface area contributed by atoms with Gasteiger partial charge in [0.2, 0.25) is 0 Å². The van der Waals surface area contributed by atoms with Crippen LogP contribution in [0, 0.1) is 6.92 Å². The monoisotopic (exact) mass is 405 g/mol. The normalized spacial score (nSPS) is 12.2. The van der Waals surface area contributed by atoms with Crippen LogP contribution >= 0.6 is 0 Å². The first-order chi connectivity index (χ1) is 13.4. The number of aromatic nitrogens is 2. The second kappa shape index (κ2) is 7.42. The summed E-state index contributed by atoms with van der Waals surface area (Å²) in [6.45, 7) is 7.47. The van der Waals surface area contributed by atoms with E-state index < -0.39 is 23.4 Å². The molecule has 5 nitrogen and oxygen atoms in total. The minimum Gasteiger partial charge on any atom is -0.444 e. The lowest BCUT2D eigenvalue weighted by molar-refractivity contribution is -0.137. The Bertz CT molecular complexity index is 1030. The number of pyridine rings is 1. The van der Waals surface area contributed by atoms with Crippen molar-refractivity contribution in [2.24, 2.45) is 0 Å². The third-order valence-corrected chi connectivity index (χ3v) is 4.26. The molecule has 0 saturated heterocycles. The Kier molecular flexibility index (Phi) is 5.30. The van der Waals surface area contributed by atoms with Crippen LogP contribution in [0.15, 0.2) is 42.6 Å². The standard InChI is InChI=1S/C21H22F3N3O2/c1-13-18(26-17-11-16(21(22,23)24)9-10-27(13)17)15-7-5-14(6-8-15)12-25-19(28)29-20(2,3)4/h5-11H,12H2,1-4H3,(H,25,28). The van der Waals surface area contributed by atoms with Crippen LogP contribution in [-0.4, -0.2) is 21.1 Å². The number of alkyl carbamates (subject to hydrolysis) is 1. The Hall–Kier alpha value is -3.03. The highest BCUT2D eigenvalue weighted by Crippen LogP contribution is 2.31. The second-order valence-corrected chi connectivity index (χ2v) is 7.74. The van der Waals surface area contributed by atoms with Crippen molar-refractivity contribution in [1.29, 1.82) is 0 Å². The highest BCUT2D eigenvalue weighted by atomic mass is 19.4. The van der Waals surface area contributed by atoms with Crippen molar-refractivity contribution in [2.75, 3.05) is 0 Å². The lowest BCUT2D eigenvalue weighted by Gasteiger charge is -2.19. The maximum absolute atomic E-state index is 12.9. The molecule has 1 aromatic carbocycles. The van der Waals surface area contributed by atoms with E-state index in [4.69, 9.17) is 4.74 Å². The smallest absolute Gasteiger partial charge is 0.416 e. The van der Waals surface area contributed by atoms with Gasteiger partial charge in [-0.15, -0.1) is 0 Å². The molecule has 0 fully saturated rings. The third kappa shape index (κ3) is 4.88. The summed E-state index contributed by atoms with van der Waals surface area (Å²) in [5, 5.41) is 2.68. The first-order valence-corrected chi connectivity index (χ1v) is 9.06. The van der Waals surface area contributed by atoms with E-state index in [-0.39, 0.29) is 5.65 Å². The van der Waals surface area contributed by atoms with Gasteiger partial charge in [0.25, 0.3) is 0 Å². The Balaban J connectivity index is 1.78. The van der Waals surface area contributed by atoms with E-state index in [1.807, 2.05) is 24.3 Å². The maximum Gasteiger partial charge on any atom is 0.416 e. The number of amides is 1. The Morgan fingerprint density at radius 1 is 1.14 bits per heavy atom. The van der Waals surface area contributed by atoms with Crippen LogP contribution < -0.4 is 5.32 Å². The molecule has 3 aromatic rings. The van der Waals surface area contributed by atoms with Crippen LogP contribution in [0.1, 0.15) is 37.6 Å². The molecular weight excluding hydrogens is 383 g/mol. The molecule has 0 aliphatic heterocycles. The number of nitrogens with one attached hydrogen (secondary N) is 1. The number of carbonyl (C=O) groups excluding carboxylic acids is 1. The molecule has 0 atom stereocenters. The van der Waals surface area contributed by atoms with Crippen molar-refractivity contribution in [3.05, 3.63) is 59.4 Å². The fourth-order valence-corrected chi connectivity index (χ4v) is 2.89. The number of alkyl halides is 3. The molecule has 0 unspecified atom stereocenters. The van der Waals surface area contributed by atoms with E-state index in [0.717, 1.165) is 29.0 Å². The van der Waals surface area contributed by atoms with Crippen molar-refractivity contribution in [2.45, 2.75) is 46.0 Å². The molecule has 0 radical (unpaired) electrons. The quantitative estimate of drug-likeness (QED) is 0.639. The molecule has 2 aromatic heterocycles. The van der Waals surface area contributed by atoms with E-state index in [1.165, 1.54) is 6.20 Å². The number of rotatable bonds is 3. The van der Waals surface area contributed by atoms with Crippen LogP contribution in [0.3, 0.4) is 0 Å². The van der Waals surface area contributed by atoms with E-state index in [9.17, 15) is 18.0 Å². The van der Waals surface area contributed by atoms with E-state index in [2.05, 4.69) is 10.3 Å². The van der Waals surface area contributed by atoms with E-state index >= 15 is 0 Å². The van der Waals surface area contributed by atoms with Crippen LogP contribution in [0.4, 0.5) is 18.0 Å². The van der Waals surface area contributed by atoms with E-state index in [1.54, 1.807) is 32.1 Å². The first kappa shape index (κ1) is 20.7. The number of benzene rings is 1. The Labute approximate surface area is 166 Å². The van der Waals surface area contributed by atoms with Gasteiger partial charge in [-0.2, -0.15) is 13.2 Å². The van der Waals surface area contributed by atoms with Gasteiger partial charge in [-0.05, 0) is 45.4 Å². The Morgan fingerprint density at radius 3 is 2.38 bits per heavy atom. The van der Waals surface area contributed by atoms with Crippen molar-refractivity contribution in [3.63, 3.8) is 0 Å². The lowest BCUT2D eigenvalue weighted by atomic mass is 10.1. The lowest BCUT2D eigenvalue weighted by Crippen LogP contribution is -2.32. The van der Waals surface area contributed by atoms with Crippen molar-refractivity contribution >= 4 is 11.7 Å². The number of aryl methyl sites for hydroxylation is 1. The average Bonchev–Trinajstić information content (AvgIpc) is 2.94. The predicted octanol–water partition coefficient (Wildman–Crippen LogP) is 5.35. The van der Waals surface area contributed by atoms with Crippen molar-refractivity contribution < 1.29 is 22.7 Å². The van der Waals surface area contributed by atoms with Crippen molar-refractivity contribution in [1.82, 2.24) is 14.7 Å². The number of halogens is 3. The average molecular weight is 405 g/mol. The molecule has 2 heterocycles. The van der Waals surface area contributed by atoms with Gasteiger partial charge in [-0.1, -0.05) is 24.3 Å². The van der Waals surface area contributed by atoms with Gasteiger partial charge in [-0.3, -0.25) is 0 Å². The topological polar surface area (TPSA) is 55.6 Å². The number of hydrogen-bond donors (Lipinski definition) is 1. The molecule has 0 aliphatic carbocycles. The fourth-order valence-electron chi connectivity index (χ4n) is 2.89. The largest absolute Gasteiger partial charge is 0.444 e. The molecule has 0 spiro atoms. The zero-order valence-corrected chi connectivity index (χ0v) is 16.6. The molecule has 0 bridgehead atoms. The van der Waals surface area contributed by atoms with Crippen molar-refractivity contribution in [3.8, 4) is 11.3 Å². The first-order valence-electron chi connectivity index (χ1n) is 9.06. The van der Waals surface area contributed by atoms with Gasteiger partial charge in [0.1, 0.15) is 11.2 Å². The molecule has 154 valence electrons. The number of ether oxygens (including phenoxy) is 1. The van der Waals surface area contributed by atoms with Crippen LogP contribution in [0.2, 0.25) is 0 Å². The molecule has 8 heteroatoms. The molecule has 1 N–H and O–H groups in total. The van der Waals surface area contributed by atoms with Gasteiger partial charge in [0.05, 0.1) is 11.3 Å². The minimum absolute atomic E-state index is 0.239. The van der Waals surface area contributed by atoms with Gasteiger partial charge in [0.15, 0.2) is 0 Å². The summed E-state index contributed by atoms with van der Waals surface area (Å²) >= 11 is 0. The Morgan fingerprint density at radius 2 is 1.79 bits per heavy atom. The summed E-state index contributed by atoms with van der Waals surface area (Å²) in [7, 11) is 0. The number of carbonyl (C=O) groups is 1. The van der Waals surface area contributed by atoms with Gasteiger partial charge < -0.3 is 14.5 Å². The van der Waals surface area contributed by atoms with Gasteiger partial charge in [0, 0.05) is 24.0 Å². The number of nitrogens with zero attached hydrogens (tertiary/aromatic N) is 2. The van der Waals surface area contributed by atoms with Crippen LogP contribution in [0.5, 0.6) is 0 Å². The molecule has 1 amide bonds.